The van der Waals surface area contributed by atoms with Crippen LogP contribution in [-0.4, -0.2) is 55.5 Å². The highest BCUT2D eigenvalue weighted by molar-refractivity contribution is 6.39. The highest BCUT2D eigenvalue weighted by atomic mass is 16.6. The van der Waals surface area contributed by atoms with E-state index in [0.717, 1.165) is 19.4 Å². The maximum absolute atomic E-state index is 11.8. The second-order valence-corrected chi connectivity index (χ2v) is 6.91. The van der Waals surface area contributed by atoms with Crippen LogP contribution >= 0.6 is 0 Å². The molecule has 25 heavy (non-hydrogen) atoms. The molecular formula is C17H29N3O5. The summed E-state index contributed by atoms with van der Waals surface area (Å²) in [5, 5.41) is 5.34. The Labute approximate surface area is 148 Å². The first-order valence-corrected chi connectivity index (χ1v) is 8.62. The molecule has 8 nitrogen and oxygen atoms in total. The van der Waals surface area contributed by atoms with Crippen molar-refractivity contribution < 1.29 is 23.9 Å². The summed E-state index contributed by atoms with van der Waals surface area (Å²) < 4.78 is 9.86. The lowest BCUT2D eigenvalue weighted by atomic mass is 10.1. The van der Waals surface area contributed by atoms with Crippen molar-refractivity contribution in [3.8, 4) is 0 Å². The lowest BCUT2D eigenvalue weighted by Crippen LogP contribution is -2.44. The van der Waals surface area contributed by atoms with E-state index in [0.29, 0.717) is 31.5 Å². The summed E-state index contributed by atoms with van der Waals surface area (Å²) in [5.74, 6) is -0.635. The number of rotatable bonds is 8. The molecule has 0 radical (unpaired) electrons. The Hall–Kier alpha value is -2.12. The Balaban J connectivity index is 2.32. The van der Waals surface area contributed by atoms with Gasteiger partial charge in [0.05, 0.1) is 12.8 Å². The first-order valence-electron chi connectivity index (χ1n) is 8.62. The monoisotopic (exact) mass is 355 g/mol. The number of methoxy groups -OCH3 is 1. The van der Waals surface area contributed by atoms with E-state index in [4.69, 9.17) is 9.47 Å². The third-order valence-electron chi connectivity index (χ3n) is 3.52. The van der Waals surface area contributed by atoms with Crippen molar-refractivity contribution in [2.24, 2.45) is 4.99 Å². The quantitative estimate of drug-likeness (QED) is 0.508. The fourth-order valence-corrected chi connectivity index (χ4v) is 2.34. The van der Waals surface area contributed by atoms with Gasteiger partial charge < -0.3 is 20.1 Å². The number of unbranched alkanes of at least 4 members (excludes halogenated alkanes) is 1. The molecule has 1 rings (SSSR count). The lowest BCUT2D eigenvalue weighted by Gasteiger charge is -2.22. The average molecular weight is 355 g/mol. The Morgan fingerprint density at radius 1 is 1.24 bits per heavy atom. The molecule has 0 aromatic carbocycles. The van der Waals surface area contributed by atoms with E-state index < -0.39 is 23.7 Å². The molecule has 0 aromatic heterocycles. The van der Waals surface area contributed by atoms with Crippen molar-refractivity contribution in [3.05, 3.63) is 0 Å². The standard InChI is InChI=1S/C17H29N3O5/c1-17(2,3)25-16(23)20-13(15(22)24-4)8-5-6-10-19-14(21)12-9-7-11-18-12/h13H,5-11H2,1-4H3,(H,19,21)(H,20,23). The van der Waals surface area contributed by atoms with Crippen molar-refractivity contribution in [2.45, 2.75) is 64.5 Å². The number of ether oxygens (including phenoxy) is 2. The van der Waals surface area contributed by atoms with Crippen molar-refractivity contribution in [1.82, 2.24) is 10.6 Å². The zero-order chi connectivity index (χ0) is 18.9. The largest absolute Gasteiger partial charge is 0.467 e. The van der Waals surface area contributed by atoms with E-state index in [9.17, 15) is 14.4 Å². The molecule has 0 saturated heterocycles. The van der Waals surface area contributed by atoms with Crippen LogP contribution in [0.1, 0.15) is 52.9 Å². The number of hydrogen-bond acceptors (Lipinski definition) is 6. The van der Waals surface area contributed by atoms with Gasteiger partial charge in [-0.25, -0.2) is 9.59 Å². The van der Waals surface area contributed by atoms with Crippen molar-refractivity contribution in [3.63, 3.8) is 0 Å². The van der Waals surface area contributed by atoms with Gasteiger partial charge in [0.15, 0.2) is 0 Å². The van der Waals surface area contributed by atoms with E-state index in [2.05, 4.69) is 15.6 Å². The van der Waals surface area contributed by atoms with E-state index in [1.54, 1.807) is 20.8 Å². The zero-order valence-electron chi connectivity index (χ0n) is 15.5. The van der Waals surface area contributed by atoms with Gasteiger partial charge in [0.1, 0.15) is 11.6 Å². The molecule has 0 fully saturated rings. The van der Waals surface area contributed by atoms with Crippen molar-refractivity contribution >= 4 is 23.7 Å². The predicted molar refractivity (Wildman–Crippen MR) is 93.6 cm³/mol. The first-order chi connectivity index (χ1) is 11.7. The van der Waals surface area contributed by atoms with Crippen LogP contribution in [0.15, 0.2) is 4.99 Å². The Kier molecular flexibility index (Phi) is 8.37. The Morgan fingerprint density at radius 3 is 2.52 bits per heavy atom. The molecule has 1 unspecified atom stereocenters. The molecule has 0 aliphatic carbocycles. The normalized spacial score (nSPS) is 15.1. The van der Waals surface area contributed by atoms with Gasteiger partial charge in [-0.05, 0) is 52.9 Å². The number of hydrogen-bond donors (Lipinski definition) is 2. The summed E-state index contributed by atoms with van der Waals surface area (Å²) in [6.45, 7) is 6.46. The number of esters is 1. The van der Waals surface area contributed by atoms with Gasteiger partial charge in [0.25, 0.3) is 5.91 Å². The molecule has 2 N–H and O–H groups in total. The van der Waals surface area contributed by atoms with E-state index >= 15 is 0 Å². The van der Waals surface area contributed by atoms with Gasteiger partial charge in [-0.15, -0.1) is 0 Å². The number of amides is 2. The maximum atomic E-state index is 11.8. The van der Waals surface area contributed by atoms with Gasteiger partial charge in [-0.3, -0.25) is 9.79 Å². The number of nitrogens with one attached hydrogen (secondary N) is 2. The minimum Gasteiger partial charge on any atom is -0.467 e. The Bertz CT molecular complexity index is 511. The molecule has 8 heteroatoms. The van der Waals surface area contributed by atoms with Crippen LogP contribution in [0.2, 0.25) is 0 Å². The molecule has 1 aliphatic rings. The SMILES string of the molecule is COC(=O)C(CCCCNC(=O)C1=NCCC1)NC(=O)OC(C)(C)C. The molecule has 2 amide bonds. The Morgan fingerprint density at radius 2 is 1.96 bits per heavy atom. The molecule has 0 bridgehead atoms. The smallest absolute Gasteiger partial charge is 0.408 e. The summed E-state index contributed by atoms with van der Waals surface area (Å²) in [5.41, 5.74) is -0.0307. The van der Waals surface area contributed by atoms with Crippen LogP contribution in [0.3, 0.4) is 0 Å². The third-order valence-corrected chi connectivity index (χ3v) is 3.52. The van der Waals surface area contributed by atoms with Gasteiger partial charge in [0.2, 0.25) is 0 Å². The summed E-state index contributed by atoms with van der Waals surface area (Å²) in [4.78, 5) is 39.5. The van der Waals surface area contributed by atoms with Gasteiger partial charge >= 0.3 is 12.1 Å². The zero-order valence-corrected chi connectivity index (χ0v) is 15.5. The second kappa shape index (κ2) is 10.0. The summed E-state index contributed by atoms with van der Waals surface area (Å²) in [6.07, 6.45) is 2.74. The molecule has 0 spiro atoms. The number of aliphatic imine (C=N–C) groups is 1. The fourth-order valence-electron chi connectivity index (χ4n) is 2.34. The van der Waals surface area contributed by atoms with Crippen LogP contribution < -0.4 is 10.6 Å². The first kappa shape index (κ1) is 20.9. The average Bonchev–Trinajstić information content (AvgIpc) is 3.05. The number of carbonyl (C=O) groups is 3. The van der Waals surface area contributed by atoms with Crippen LogP contribution in [0, 0.1) is 0 Å². The number of carbonyl (C=O) groups excluding carboxylic acids is 3. The van der Waals surface area contributed by atoms with Crippen LogP contribution in [0.25, 0.3) is 0 Å². The van der Waals surface area contributed by atoms with Crippen LogP contribution in [0.5, 0.6) is 0 Å². The molecule has 0 saturated carbocycles. The maximum Gasteiger partial charge on any atom is 0.408 e. The molecule has 1 atom stereocenters. The minimum absolute atomic E-state index is 0.117. The molecule has 1 heterocycles. The van der Waals surface area contributed by atoms with Crippen molar-refractivity contribution in [2.75, 3.05) is 20.2 Å². The van der Waals surface area contributed by atoms with E-state index in [-0.39, 0.29) is 5.91 Å². The number of alkyl carbamates (subject to hydrolysis) is 1. The van der Waals surface area contributed by atoms with Crippen LogP contribution in [0.4, 0.5) is 4.79 Å². The van der Waals surface area contributed by atoms with Crippen molar-refractivity contribution in [1.29, 1.82) is 0 Å². The second-order valence-electron chi connectivity index (χ2n) is 6.91. The van der Waals surface area contributed by atoms with E-state index in [1.165, 1.54) is 7.11 Å². The van der Waals surface area contributed by atoms with Gasteiger partial charge in [-0.1, -0.05) is 0 Å². The van der Waals surface area contributed by atoms with Gasteiger partial charge in [0, 0.05) is 13.1 Å². The van der Waals surface area contributed by atoms with Gasteiger partial charge in [-0.2, -0.15) is 0 Å². The minimum atomic E-state index is -0.769. The molecule has 0 aromatic rings. The fraction of sp³-hybridized carbons (Fsp3) is 0.765. The summed E-state index contributed by atoms with van der Waals surface area (Å²) in [6, 6.07) is -0.769. The van der Waals surface area contributed by atoms with E-state index in [1.807, 2.05) is 0 Å². The molecular weight excluding hydrogens is 326 g/mol. The highest BCUT2D eigenvalue weighted by Gasteiger charge is 2.24. The molecule has 1 aliphatic heterocycles. The van der Waals surface area contributed by atoms with Crippen LogP contribution in [-0.2, 0) is 19.1 Å². The topological polar surface area (TPSA) is 106 Å². The molecule has 142 valence electrons. The highest BCUT2D eigenvalue weighted by Crippen LogP contribution is 2.09. The number of nitrogens with zero attached hydrogens (tertiary/aromatic N) is 1. The summed E-state index contributed by atoms with van der Waals surface area (Å²) in [7, 11) is 1.27. The lowest BCUT2D eigenvalue weighted by molar-refractivity contribution is -0.143. The summed E-state index contributed by atoms with van der Waals surface area (Å²) >= 11 is 0. The predicted octanol–water partition coefficient (Wildman–Crippen LogP) is 1.57. The third kappa shape index (κ3) is 8.51.